The van der Waals surface area contributed by atoms with Crippen LogP contribution in [0.15, 0.2) is 22.9 Å². The van der Waals surface area contributed by atoms with Gasteiger partial charge in [-0.2, -0.15) is 0 Å². The van der Waals surface area contributed by atoms with Gasteiger partial charge in [-0.25, -0.2) is 4.98 Å². The Balaban J connectivity index is 2.20. The Morgan fingerprint density at radius 3 is 2.94 bits per heavy atom. The molecule has 1 aliphatic rings. The average molecular weight is 279 g/mol. The first-order valence-corrected chi connectivity index (χ1v) is 6.21. The van der Waals surface area contributed by atoms with Crippen LogP contribution in [-0.4, -0.2) is 15.7 Å². The zero-order chi connectivity index (χ0) is 11.1. The van der Waals surface area contributed by atoms with Crippen molar-refractivity contribution in [2.24, 2.45) is 0 Å². The first-order chi connectivity index (χ1) is 7.79. The van der Waals surface area contributed by atoms with Crippen molar-refractivity contribution in [3.63, 3.8) is 0 Å². The Kier molecular flexibility index (Phi) is 2.32. The molecule has 0 atom stereocenters. The summed E-state index contributed by atoms with van der Waals surface area (Å²) in [5.41, 5.74) is 1.67. The maximum atomic E-state index is 10.7. The molecule has 2 aromatic rings. The van der Waals surface area contributed by atoms with Crippen LogP contribution >= 0.6 is 15.9 Å². The van der Waals surface area contributed by atoms with E-state index >= 15 is 0 Å². The second-order valence-electron chi connectivity index (χ2n) is 4.22. The Hall–Kier alpha value is -1.16. The molecule has 0 unspecified atom stereocenters. The van der Waals surface area contributed by atoms with Crippen LogP contribution < -0.4 is 0 Å². The number of aromatic nitrogens is 2. The summed E-state index contributed by atoms with van der Waals surface area (Å²) >= 11 is 3.45. The van der Waals surface area contributed by atoms with Crippen LogP contribution in [0.5, 0.6) is 0 Å². The molecule has 0 N–H and O–H groups in total. The number of carbonyl (C=O) groups is 1. The number of hydrogen-bond donors (Lipinski definition) is 0. The van der Waals surface area contributed by atoms with Crippen LogP contribution in [0.4, 0.5) is 0 Å². The lowest BCUT2D eigenvalue weighted by Crippen LogP contribution is -2.12. The van der Waals surface area contributed by atoms with Gasteiger partial charge in [0.1, 0.15) is 16.7 Å². The molecule has 3 nitrogen and oxygen atoms in total. The minimum atomic E-state index is 0.584. The van der Waals surface area contributed by atoms with Gasteiger partial charge in [0.15, 0.2) is 0 Å². The van der Waals surface area contributed by atoms with Gasteiger partial charge in [-0.05, 0) is 40.9 Å². The predicted octanol–water partition coefficient (Wildman–Crippen LogP) is 3.18. The minimum absolute atomic E-state index is 0.584. The van der Waals surface area contributed by atoms with Gasteiger partial charge in [-0.3, -0.25) is 4.79 Å². The van der Waals surface area contributed by atoms with Crippen molar-refractivity contribution in [2.75, 3.05) is 0 Å². The number of imidazole rings is 1. The smallest absolute Gasteiger partial charge is 0.150 e. The summed E-state index contributed by atoms with van der Waals surface area (Å²) in [5.74, 6) is 1.70. The number of hydrogen-bond acceptors (Lipinski definition) is 2. The van der Waals surface area contributed by atoms with Crippen molar-refractivity contribution in [1.82, 2.24) is 9.38 Å². The quantitative estimate of drug-likeness (QED) is 0.791. The number of nitrogens with zero attached hydrogens (tertiary/aromatic N) is 2. The van der Waals surface area contributed by atoms with Gasteiger partial charge >= 0.3 is 0 Å². The van der Waals surface area contributed by atoms with Crippen molar-refractivity contribution >= 4 is 27.7 Å². The Bertz CT molecular complexity index is 557. The molecule has 0 bridgehead atoms. The van der Waals surface area contributed by atoms with E-state index in [4.69, 9.17) is 0 Å². The van der Waals surface area contributed by atoms with Crippen LogP contribution in [0.25, 0.3) is 5.52 Å². The fourth-order valence-corrected chi connectivity index (χ4v) is 2.60. The molecule has 2 aromatic heterocycles. The fourth-order valence-electron chi connectivity index (χ4n) is 2.11. The van der Waals surface area contributed by atoms with Gasteiger partial charge in [0, 0.05) is 17.7 Å². The van der Waals surface area contributed by atoms with E-state index < -0.39 is 0 Å². The lowest BCUT2D eigenvalue weighted by Gasteiger charge is -2.23. The van der Waals surface area contributed by atoms with Crippen LogP contribution in [0.2, 0.25) is 0 Å². The normalized spacial score (nSPS) is 16.3. The molecule has 0 aromatic carbocycles. The molecule has 1 aliphatic carbocycles. The van der Waals surface area contributed by atoms with Gasteiger partial charge in [0.05, 0.1) is 5.52 Å². The molecule has 0 saturated heterocycles. The molecule has 16 heavy (non-hydrogen) atoms. The number of aldehydes is 1. The summed E-state index contributed by atoms with van der Waals surface area (Å²) in [7, 11) is 0. The Morgan fingerprint density at radius 1 is 1.50 bits per heavy atom. The van der Waals surface area contributed by atoms with E-state index in [0.29, 0.717) is 11.5 Å². The maximum Gasteiger partial charge on any atom is 0.150 e. The SMILES string of the molecule is O=Cc1ccn2c(C3CCC3)nc(Br)c2c1. The summed E-state index contributed by atoms with van der Waals surface area (Å²) in [4.78, 5) is 15.3. The second-order valence-corrected chi connectivity index (χ2v) is 4.97. The van der Waals surface area contributed by atoms with E-state index in [2.05, 4.69) is 25.3 Å². The standard InChI is InChI=1S/C12H11BrN2O/c13-11-10-6-8(7-16)4-5-15(10)12(14-11)9-2-1-3-9/h4-7,9H,1-3H2. The van der Waals surface area contributed by atoms with Crippen molar-refractivity contribution < 1.29 is 4.79 Å². The van der Waals surface area contributed by atoms with Crippen LogP contribution in [0.1, 0.15) is 41.4 Å². The highest BCUT2D eigenvalue weighted by atomic mass is 79.9. The number of halogens is 1. The van der Waals surface area contributed by atoms with Gasteiger partial charge in [0.2, 0.25) is 0 Å². The summed E-state index contributed by atoms with van der Waals surface area (Å²) in [6, 6.07) is 3.70. The highest BCUT2D eigenvalue weighted by Gasteiger charge is 2.24. The molecule has 82 valence electrons. The molecule has 1 saturated carbocycles. The van der Waals surface area contributed by atoms with Crippen LogP contribution in [0.3, 0.4) is 0 Å². The highest BCUT2D eigenvalue weighted by Crippen LogP contribution is 2.37. The number of carbonyl (C=O) groups excluding carboxylic acids is 1. The number of rotatable bonds is 2. The molecule has 0 amide bonds. The monoisotopic (exact) mass is 278 g/mol. The minimum Gasteiger partial charge on any atom is -0.302 e. The van der Waals surface area contributed by atoms with Gasteiger partial charge in [-0.1, -0.05) is 6.42 Å². The summed E-state index contributed by atoms with van der Waals surface area (Å²) in [6.07, 6.45) is 6.54. The Labute approximate surface area is 102 Å². The van der Waals surface area contributed by atoms with E-state index in [-0.39, 0.29) is 0 Å². The summed E-state index contributed by atoms with van der Waals surface area (Å²) < 4.78 is 2.92. The van der Waals surface area contributed by atoms with Gasteiger partial charge in [0.25, 0.3) is 0 Å². The van der Waals surface area contributed by atoms with Crippen LogP contribution in [-0.2, 0) is 0 Å². The molecular formula is C12H11BrN2O. The zero-order valence-corrected chi connectivity index (χ0v) is 10.3. The molecule has 3 rings (SSSR count). The lowest BCUT2D eigenvalue weighted by molar-refractivity contribution is 0.112. The van der Waals surface area contributed by atoms with Gasteiger partial charge in [-0.15, -0.1) is 0 Å². The third-order valence-corrected chi connectivity index (χ3v) is 3.84. The molecule has 0 radical (unpaired) electrons. The van der Waals surface area contributed by atoms with Crippen molar-refractivity contribution in [2.45, 2.75) is 25.2 Å². The topological polar surface area (TPSA) is 34.4 Å². The summed E-state index contributed by atoms with van der Waals surface area (Å²) in [5, 5.41) is 0. The lowest BCUT2D eigenvalue weighted by atomic mass is 9.85. The van der Waals surface area contributed by atoms with Crippen molar-refractivity contribution in [3.8, 4) is 0 Å². The van der Waals surface area contributed by atoms with Crippen LogP contribution in [0, 0.1) is 0 Å². The maximum absolute atomic E-state index is 10.7. The molecule has 0 aliphatic heterocycles. The summed E-state index contributed by atoms with van der Waals surface area (Å²) in [6.45, 7) is 0. The molecule has 2 heterocycles. The highest BCUT2D eigenvalue weighted by molar-refractivity contribution is 9.10. The molecule has 0 spiro atoms. The third-order valence-electron chi connectivity index (χ3n) is 3.26. The fraction of sp³-hybridized carbons (Fsp3) is 0.333. The first-order valence-electron chi connectivity index (χ1n) is 5.42. The largest absolute Gasteiger partial charge is 0.302 e. The van der Waals surface area contributed by atoms with E-state index in [0.717, 1.165) is 22.2 Å². The van der Waals surface area contributed by atoms with Crippen molar-refractivity contribution in [1.29, 1.82) is 0 Å². The average Bonchev–Trinajstić information content (AvgIpc) is 2.54. The first kappa shape index (κ1) is 10.0. The molecule has 4 heteroatoms. The zero-order valence-electron chi connectivity index (χ0n) is 8.69. The Morgan fingerprint density at radius 2 is 2.31 bits per heavy atom. The number of pyridine rings is 1. The third kappa shape index (κ3) is 1.40. The van der Waals surface area contributed by atoms with E-state index in [9.17, 15) is 4.79 Å². The molecular weight excluding hydrogens is 268 g/mol. The predicted molar refractivity (Wildman–Crippen MR) is 64.9 cm³/mol. The van der Waals surface area contributed by atoms with E-state index in [1.807, 2.05) is 18.3 Å². The van der Waals surface area contributed by atoms with Gasteiger partial charge < -0.3 is 4.40 Å². The number of fused-ring (bicyclic) bond motifs is 1. The van der Waals surface area contributed by atoms with E-state index in [1.165, 1.54) is 19.3 Å². The molecule has 1 fully saturated rings. The van der Waals surface area contributed by atoms with Crippen molar-refractivity contribution in [3.05, 3.63) is 34.3 Å². The second kappa shape index (κ2) is 3.70. The van der Waals surface area contributed by atoms with E-state index in [1.54, 1.807) is 0 Å².